The largest absolute Gasteiger partial charge is 0.351 e. The molecule has 114 valence electrons. The zero-order valence-corrected chi connectivity index (χ0v) is 13.5. The molecular weight excluding hydrogens is 294 g/mol. The van der Waals surface area contributed by atoms with Crippen LogP contribution in [0.1, 0.15) is 20.8 Å². The third kappa shape index (κ3) is 2.76. The Labute approximate surface area is 134 Å². The van der Waals surface area contributed by atoms with Crippen LogP contribution in [0.25, 0.3) is 0 Å². The van der Waals surface area contributed by atoms with E-state index in [1.54, 1.807) is 6.20 Å². The molecule has 0 bridgehead atoms. The number of fused-ring (bicyclic) bond motifs is 1. The predicted octanol–water partition coefficient (Wildman–Crippen LogP) is 3.10. The average Bonchev–Trinajstić information content (AvgIpc) is 2.86. The fraction of sp³-hybridized carbons (Fsp3) is 0.294. The van der Waals surface area contributed by atoms with Gasteiger partial charge in [0.25, 0.3) is 5.91 Å². The molecule has 1 aliphatic heterocycles. The minimum Gasteiger partial charge on any atom is -0.351 e. The van der Waals surface area contributed by atoms with Crippen molar-refractivity contribution in [3.63, 3.8) is 0 Å². The van der Waals surface area contributed by atoms with E-state index in [0.717, 1.165) is 34.9 Å². The molecule has 3 heterocycles. The quantitative estimate of drug-likeness (QED) is 0.817. The van der Waals surface area contributed by atoms with Crippen molar-refractivity contribution in [1.29, 1.82) is 0 Å². The van der Waals surface area contributed by atoms with Crippen molar-refractivity contribution in [1.82, 2.24) is 9.88 Å². The van der Waals surface area contributed by atoms with Crippen LogP contribution in [-0.4, -0.2) is 35.4 Å². The Morgan fingerprint density at radius 3 is 3.05 bits per heavy atom. The summed E-state index contributed by atoms with van der Waals surface area (Å²) in [5.74, 6) is 1.07. The molecule has 0 saturated heterocycles. The number of thiophene rings is 1. The van der Waals surface area contributed by atoms with Crippen molar-refractivity contribution in [3.8, 4) is 0 Å². The van der Waals surface area contributed by atoms with Crippen LogP contribution >= 0.6 is 11.3 Å². The summed E-state index contributed by atoms with van der Waals surface area (Å²) in [4.78, 5) is 22.2. The Balaban J connectivity index is 1.90. The lowest BCUT2D eigenvalue weighted by Gasteiger charge is -2.22. The lowest BCUT2D eigenvalue weighted by Crippen LogP contribution is -2.35. The number of aromatic nitrogens is 1. The first kappa shape index (κ1) is 14.8. The molecule has 0 saturated carbocycles. The third-order valence-electron chi connectivity index (χ3n) is 3.86. The van der Waals surface area contributed by atoms with E-state index < -0.39 is 0 Å². The van der Waals surface area contributed by atoms with Crippen LogP contribution < -0.4 is 4.90 Å². The minimum absolute atomic E-state index is 0.114. The molecule has 0 unspecified atom stereocenters. The van der Waals surface area contributed by atoms with Crippen LogP contribution in [0, 0.1) is 6.92 Å². The van der Waals surface area contributed by atoms with Gasteiger partial charge in [0.2, 0.25) is 0 Å². The molecule has 0 aromatic carbocycles. The standard InChI is InChI=1S/C17H19N3OS/c1-3-8-19-9-10-20(12-14-5-4-7-18-16(14)19)17(21)15-13(2)6-11-22-15/h3-7,11H,1,8-10,12H2,2H3. The second-order valence-electron chi connectivity index (χ2n) is 5.38. The SMILES string of the molecule is C=CCN1CCN(C(=O)c2sccc2C)Cc2cccnc21. The molecule has 5 heteroatoms. The van der Waals surface area contributed by atoms with Crippen LogP contribution in [0.3, 0.4) is 0 Å². The summed E-state index contributed by atoms with van der Waals surface area (Å²) in [6.07, 6.45) is 3.68. The van der Waals surface area contributed by atoms with E-state index in [1.807, 2.05) is 41.5 Å². The first-order valence-electron chi connectivity index (χ1n) is 7.34. The van der Waals surface area contributed by atoms with E-state index in [-0.39, 0.29) is 5.91 Å². The Morgan fingerprint density at radius 1 is 1.45 bits per heavy atom. The zero-order valence-electron chi connectivity index (χ0n) is 12.7. The highest BCUT2D eigenvalue weighted by Crippen LogP contribution is 2.25. The minimum atomic E-state index is 0.114. The first-order chi connectivity index (χ1) is 10.7. The third-order valence-corrected chi connectivity index (χ3v) is 4.87. The summed E-state index contributed by atoms with van der Waals surface area (Å²) in [7, 11) is 0. The Morgan fingerprint density at radius 2 is 2.32 bits per heavy atom. The number of pyridine rings is 1. The molecule has 1 aliphatic rings. The lowest BCUT2D eigenvalue weighted by molar-refractivity contribution is 0.0756. The summed E-state index contributed by atoms with van der Waals surface area (Å²) in [5.41, 5.74) is 2.14. The van der Waals surface area contributed by atoms with Gasteiger partial charge in [-0.1, -0.05) is 12.1 Å². The molecule has 2 aromatic heterocycles. The van der Waals surface area contributed by atoms with Gasteiger partial charge in [-0.25, -0.2) is 4.98 Å². The summed E-state index contributed by atoms with van der Waals surface area (Å²) < 4.78 is 0. The van der Waals surface area contributed by atoms with Crippen LogP contribution in [-0.2, 0) is 6.54 Å². The normalized spacial score (nSPS) is 14.4. The Kier molecular flexibility index (Phi) is 4.24. The number of amides is 1. The fourth-order valence-electron chi connectivity index (χ4n) is 2.71. The second kappa shape index (κ2) is 6.32. The molecule has 0 fully saturated rings. The molecule has 1 amide bonds. The summed E-state index contributed by atoms with van der Waals surface area (Å²) in [6, 6.07) is 5.97. The molecule has 0 N–H and O–H groups in total. The molecule has 0 spiro atoms. The molecular formula is C17H19N3OS. The van der Waals surface area contributed by atoms with Gasteiger partial charge in [0.15, 0.2) is 0 Å². The number of carbonyl (C=O) groups excluding carboxylic acids is 1. The van der Waals surface area contributed by atoms with E-state index >= 15 is 0 Å². The molecule has 0 aliphatic carbocycles. The molecule has 4 nitrogen and oxygen atoms in total. The van der Waals surface area contributed by atoms with Crippen molar-refractivity contribution in [2.75, 3.05) is 24.5 Å². The highest BCUT2D eigenvalue weighted by molar-refractivity contribution is 7.12. The van der Waals surface area contributed by atoms with Crippen LogP contribution in [0.5, 0.6) is 0 Å². The monoisotopic (exact) mass is 313 g/mol. The first-order valence-corrected chi connectivity index (χ1v) is 8.21. The fourth-order valence-corrected chi connectivity index (χ4v) is 3.60. The lowest BCUT2D eigenvalue weighted by atomic mass is 10.2. The van der Waals surface area contributed by atoms with E-state index in [4.69, 9.17) is 0 Å². The van der Waals surface area contributed by atoms with Crippen LogP contribution in [0.2, 0.25) is 0 Å². The summed E-state index contributed by atoms with van der Waals surface area (Å²) in [5, 5.41) is 1.97. The topological polar surface area (TPSA) is 36.4 Å². The maximum atomic E-state index is 12.8. The average molecular weight is 313 g/mol. The van der Waals surface area contributed by atoms with Gasteiger partial charge in [0.1, 0.15) is 5.82 Å². The number of carbonyl (C=O) groups is 1. The highest BCUT2D eigenvalue weighted by atomic mass is 32.1. The van der Waals surface area contributed by atoms with E-state index in [9.17, 15) is 4.79 Å². The van der Waals surface area contributed by atoms with Gasteiger partial charge >= 0.3 is 0 Å². The van der Waals surface area contributed by atoms with Crippen molar-refractivity contribution in [2.24, 2.45) is 0 Å². The van der Waals surface area contributed by atoms with Crippen molar-refractivity contribution in [3.05, 3.63) is 58.4 Å². The Hall–Kier alpha value is -2.14. The van der Waals surface area contributed by atoms with Gasteiger partial charge < -0.3 is 9.80 Å². The van der Waals surface area contributed by atoms with Gasteiger partial charge in [-0.2, -0.15) is 0 Å². The van der Waals surface area contributed by atoms with Crippen molar-refractivity contribution in [2.45, 2.75) is 13.5 Å². The van der Waals surface area contributed by atoms with Gasteiger partial charge in [0.05, 0.1) is 4.88 Å². The maximum absolute atomic E-state index is 12.8. The van der Waals surface area contributed by atoms with Gasteiger partial charge in [-0.05, 0) is 30.0 Å². The van der Waals surface area contributed by atoms with Crippen molar-refractivity contribution < 1.29 is 4.79 Å². The number of anilines is 1. The number of aryl methyl sites for hydroxylation is 1. The number of hydrogen-bond acceptors (Lipinski definition) is 4. The second-order valence-corrected chi connectivity index (χ2v) is 6.30. The van der Waals surface area contributed by atoms with Gasteiger partial charge in [-0.15, -0.1) is 17.9 Å². The molecule has 0 atom stereocenters. The Bertz CT molecular complexity index is 695. The number of hydrogen-bond donors (Lipinski definition) is 0. The van der Waals surface area contributed by atoms with Gasteiger partial charge in [0, 0.05) is 37.9 Å². The van der Waals surface area contributed by atoms with Crippen LogP contribution in [0.4, 0.5) is 5.82 Å². The molecule has 0 radical (unpaired) electrons. The van der Waals surface area contributed by atoms with E-state index in [0.29, 0.717) is 13.1 Å². The van der Waals surface area contributed by atoms with Crippen molar-refractivity contribution >= 4 is 23.1 Å². The maximum Gasteiger partial charge on any atom is 0.264 e. The summed E-state index contributed by atoms with van der Waals surface area (Å²) >= 11 is 1.51. The molecule has 22 heavy (non-hydrogen) atoms. The zero-order chi connectivity index (χ0) is 15.5. The van der Waals surface area contributed by atoms with Crippen LogP contribution in [0.15, 0.2) is 42.4 Å². The molecule has 3 rings (SSSR count). The number of rotatable bonds is 3. The predicted molar refractivity (Wildman–Crippen MR) is 90.4 cm³/mol. The highest BCUT2D eigenvalue weighted by Gasteiger charge is 2.25. The van der Waals surface area contributed by atoms with E-state index in [2.05, 4.69) is 16.5 Å². The summed E-state index contributed by atoms with van der Waals surface area (Å²) in [6.45, 7) is 8.61. The number of nitrogens with zero attached hydrogens (tertiary/aromatic N) is 3. The smallest absolute Gasteiger partial charge is 0.264 e. The molecule has 2 aromatic rings. The van der Waals surface area contributed by atoms with E-state index in [1.165, 1.54) is 11.3 Å². The van der Waals surface area contributed by atoms with Gasteiger partial charge in [-0.3, -0.25) is 4.79 Å².